The predicted octanol–water partition coefficient (Wildman–Crippen LogP) is 4.82. The first-order valence-corrected chi connectivity index (χ1v) is 11.3. The molecule has 1 aliphatic rings. The third-order valence-electron chi connectivity index (χ3n) is 6.07. The molecule has 1 unspecified atom stereocenters. The van der Waals surface area contributed by atoms with Gasteiger partial charge in [-0.3, -0.25) is 9.89 Å². The molecule has 2 aromatic carbocycles. The number of carbonyl (C=O) groups is 1. The summed E-state index contributed by atoms with van der Waals surface area (Å²) in [6, 6.07) is 15.8. The van der Waals surface area contributed by atoms with E-state index in [2.05, 4.69) is 15.2 Å². The lowest BCUT2D eigenvalue weighted by atomic mass is 9.97. The Kier molecular flexibility index (Phi) is 6.12. The molecule has 2 aromatic heterocycles. The number of hydrogen-bond acceptors (Lipinski definition) is 5. The molecule has 0 bridgehead atoms. The van der Waals surface area contributed by atoms with Crippen LogP contribution in [0.2, 0.25) is 0 Å². The Balaban J connectivity index is 1.26. The quantitative estimate of drug-likeness (QED) is 0.446. The average Bonchev–Trinajstić information content (AvgIpc) is 3.54. The van der Waals surface area contributed by atoms with E-state index in [0.717, 1.165) is 29.7 Å². The summed E-state index contributed by atoms with van der Waals surface area (Å²) in [4.78, 5) is 19.4. The van der Waals surface area contributed by atoms with Crippen molar-refractivity contribution in [2.45, 2.75) is 25.2 Å². The van der Waals surface area contributed by atoms with Gasteiger partial charge in [0.05, 0.1) is 24.9 Å². The highest BCUT2D eigenvalue weighted by atomic mass is 19.1. The highest BCUT2D eigenvalue weighted by Crippen LogP contribution is 2.29. The molecule has 0 saturated carbocycles. The van der Waals surface area contributed by atoms with Gasteiger partial charge in [0.25, 0.3) is 5.91 Å². The third-order valence-corrected chi connectivity index (χ3v) is 6.07. The summed E-state index contributed by atoms with van der Waals surface area (Å²) in [5, 5.41) is 7.20. The topological polar surface area (TPSA) is 84.2 Å². The van der Waals surface area contributed by atoms with Crippen molar-refractivity contribution in [1.82, 2.24) is 20.1 Å². The van der Waals surface area contributed by atoms with E-state index in [0.29, 0.717) is 42.5 Å². The van der Waals surface area contributed by atoms with Crippen LogP contribution in [0.4, 0.5) is 4.39 Å². The first-order chi connectivity index (χ1) is 16.6. The summed E-state index contributed by atoms with van der Waals surface area (Å²) in [5.41, 5.74) is 2.83. The summed E-state index contributed by atoms with van der Waals surface area (Å²) >= 11 is 0. The van der Waals surface area contributed by atoms with Crippen molar-refractivity contribution in [2.24, 2.45) is 0 Å². The lowest BCUT2D eigenvalue weighted by Crippen LogP contribution is -2.39. The number of nitrogens with zero attached hydrogens (tertiary/aromatic N) is 3. The lowest BCUT2D eigenvalue weighted by molar-refractivity contribution is 0.0692. The number of oxazole rings is 1. The molecule has 1 atom stereocenters. The fourth-order valence-electron chi connectivity index (χ4n) is 4.34. The Morgan fingerprint density at radius 2 is 2.12 bits per heavy atom. The van der Waals surface area contributed by atoms with Crippen LogP contribution in [0.5, 0.6) is 5.75 Å². The molecule has 1 amide bonds. The standard InChI is InChI=1S/C26H25FN4O3/c1-33-21-9-3-6-18(13-21)23-14-24(30-29-23)26(32)31-10-4-7-19(16-31)25-28-15-22(34-25)12-17-5-2-8-20(27)11-17/h2-3,5-6,8-9,11,13-15,19H,4,7,10,12,16H2,1H3,(H,29,30). The molecule has 174 valence electrons. The number of aromatic amines is 1. The number of hydrogen-bond donors (Lipinski definition) is 1. The van der Waals surface area contributed by atoms with Gasteiger partial charge in [-0.1, -0.05) is 24.3 Å². The maximum atomic E-state index is 13.5. The predicted molar refractivity (Wildman–Crippen MR) is 124 cm³/mol. The van der Waals surface area contributed by atoms with E-state index >= 15 is 0 Å². The second-order valence-corrected chi connectivity index (χ2v) is 8.46. The van der Waals surface area contributed by atoms with Crippen molar-refractivity contribution in [1.29, 1.82) is 0 Å². The van der Waals surface area contributed by atoms with E-state index in [9.17, 15) is 9.18 Å². The van der Waals surface area contributed by atoms with Crippen molar-refractivity contribution in [2.75, 3.05) is 20.2 Å². The number of benzene rings is 2. The van der Waals surface area contributed by atoms with Gasteiger partial charge >= 0.3 is 0 Å². The number of ether oxygens (including phenoxy) is 1. The Bertz CT molecular complexity index is 1300. The van der Waals surface area contributed by atoms with Crippen LogP contribution in [-0.2, 0) is 6.42 Å². The molecule has 4 aromatic rings. The van der Waals surface area contributed by atoms with E-state index in [1.54, 1.807) is 25.4 Å². The number of methoxy groups -OCH3 is 1. The van der Waals surface area contributed by atoms with Crippen LogP contribution in [0, 0.1) is 5.82 Å². The maximum Gasteiger partial charge on any atom is 0.271 e. The van der Waals surface area contributed by atoms with Gasteiger partial charge in [0.2, 0.25) is 0 Å². The number of likely N-dealkylation sites (tertiary alicyclic amines) is 1. The number of rotatable bonds is 6. The van der Waals surface area contributed by atoms with E-state index in [-0.39, 0.29) is 17.6 Å². The zero-order chi connectivity index (χ0) is 23.5. The van der Waals surface area contributed by atoms with Crippen molar-refractivity contribution in [3.63, 3.8) is 0 Å². The average molecular weight is 461 g/mol. The zero-order valence-electron chi connectivity index (χ0n) is 18.8. The molecule has 3 heterocycles. The van der Waals surface area contributed by atoms with Crippen LogP contribution < -0.4 is 4.74 Å². The summed E-state index contributed by atoms with van der Waals surface area (Å²) < 4.78 is 24.7. The first kappa shape index (κ1) is 21.9. The van der Waals surface area contributed by atoms with Gasteiger partial charge in [-0.15, -0.1) is 0 Å². The van der Waals surface area contributed by atoms with E-state index in [1.165, 1.54) is 12.1 Å². The molecule has 0 aliphatic carbocycles. The minimum absolute atomic E-state index is 0.0136. The Labute approximate surface area is 196 Å². The Morgan fingerprint density at radius 1 is 1.24 bits per heavy atom. The minimum atomic E-state index is -0.271. The molecule has 1 aliphatic heterocycles. The van der Waals surface area contributed by atoms with Crippen molar-refractivity contribution in [3.05, 3.63) is 89.5 Å². The number of halogens is 1. The van der Waals surface area contributed by atoms with Crippen molar-refractivity contribution in [3.8, 4) is 17.0 Å². The first-order valence-electron chi connectivity index (χ1n) is 11.3. The zero-order valence-corrected chi connectivity index (χ0v) is 18.8. The smallest absolute Gasteiger partial charge is 0.271 e. The normalized spacial score (nSPS) is 15.9. The van der Waals surface area contributed by atoms with Gasteiger partial charge in [-0.2, -0.15) is 5.10 Å². The molecular formula is C26H25FN4O3. The molecule has 0 spiro atoms. The summed E-state index contributed by atoms with van der Waals surface area (Å²) in [6.07, 6.45) is 3.91. The molecule has 0 radical (unpaired) electrons. The number of aromatic nitrogens is 3. The van der Waals surface area contributed by atoms with Crippen LogP contribution in [-0.4, -0.2) is 46.2 Å². The third kappa shape index (κ3) is 4.71. The summed E-state index contributed by atoms with van der Waals surface area (Å²) in [6.45, 7) is 1.19. The van der Waals surface area contributed by atoms with Crippen LogP contribution in [0.1, 0.15) is 46.5 Å². The minimum Gasteiger partial charge on any atom is -0.497 e. The summed E-state index contributed by atoms with van der Waals surface area (Å²) in [5.74, 6) is 1.67. The monoisotopic (exact) mass is 460 g/mol. The van der Waals surface area contributed by atoms with Gasteiger partial charge < -0.3 is 14.1 Å². The van der Waals surface area contributed by atoms with Crippen LogP contribution >= 0.6 is 0 Å². The fourth-order valence-corrected chi connectivity index (χ4v) is 4.34. The Hall–Kier alpha value is -3.94. The molecule has 1 N–H and O–H groups in total. The number of H-pyrrole nitrogens is 1. The molecule has 1 saturated heterocycles. The van der Waals surface area contributed by atoms with Crippen LogP contribution in [0.15, 0.2) is 65.2 Å². The van der Waals surface area contributed by atoms with Crippen molar-refractivity contribution < 1.29 is 18.3 Å². The number of amides is 1. The van der Waals surface area contributed by atoms with E-state index < -0.39 is 0 Å². The number of nitrogens with one attached hydrogen (secondary N) is 1. The van der Waals surface area contributed by atoms with Gasteiger partial charge in [-0.05, 0) is 48.7 Å². The Morgan fingerprint density at radius 3 is 2.97 bits per heavy atom. The van der Waals surface area contributed by atoms with Gasteiger partial charge in [0.15, 0.2) is 5.89 Å². The second-order valence-electron chi connectivity index (χ2n) is 8.46. The molecule has 5 rings (SSSR count). The molecule has 8 heteroatoms. The summed E-state index contributed by atoms with van der Waals surface area (Å²) in [7, 11) is 1.61. The highest BCUT2D eigenvalue weighted by Gasteiger charge is 2.29. The van der Waals surface area contributed by atoms with Crippen LogP contribution in [0.3, 0.4) is 0 Å². The molecule has 1 fully saturated rings. The van der Waals surface area contributed by atoms with Gasteiger partial charge in [0, 0.05) is 25.1 Å². The lowest BCUT2D eigenvalue weighted by Gasteiger charge is -2.30. The SMILES string of the molecule is COc1cccc(-c2cc(C(=O)N3CCCC(c4ncc(Cc5cccc(F)c5)o4)C3)[nH]n2)c1. The highest BCUT2D eigenvalue weighted by molar-refractivity contribution is 5.93. The second kappa shape index (κ2) is 9.51. The van der Waals surface area contributed by atoms with Gasteiger partial charge in [0.1, 0.15) is 23.0 Å². The fraction of sp³-hybridized carbons (Fsp3) is 0.269. The van der Waals surface area contributed by atoms with Gasteiger partial charge in [-0.25, -0.2) is 9.37 Å². The molecule has 34 heavy (non-hydrogen) atoms. The van der Waals surface area contributed by atoms with E-state index in [1.807, 2.05) is 35.2 Å². The van der Waals surface area contributed by atoms with Crippen molar-refractivity contribution >= 4 is 5.91 Å². The number of piperidine rings is 1. The van der Waals surface area contributed by atoms with Crippen LogP contribution in [0.25, 0.3) is 11.3 Å². The maximum absolute atomic E-state index is 13.5. The molecule has 7 nitrogen and oxygen atoms in total. The molecular weight excluding hydrogens is 435 g/mol. The van der Waals surface area contributed by atoms with E-state index in [4.69, 9.17) is 9.15 Å². The number of carbonyl (C=O) groups excluding carboxylic acids is 1. The largest absolute Gasteiger partial charge is 0.497 e.